The van der Waals surface area contributed by atoms with E-state index in [2.05, 4.69) is 36.2 Å². The van der Waals surface area contributed by atoms with Crippen LogP contribution in [0.5, 0.6) is 0 Å². The number of alkyl carbamates (subject to hydrolysis) is 1. The lowest BCUT2D eigenvalue weighted by molar-refractivity contribution is -0.127. The number of carbonyl (C=O) groups excluding carboxylic acids is 2. The minimum Gasteiger partial charge on any atom is -0.444 e. The van der Waals surface area contributed by atoms with E-state index in [1.807, 2.05) is 51.1 Å². The van der Waals surface area contributed by atoms with E-state index in [1.54, 1.807) is 12.3 Å². The standard InChI is InChI=1S/C29H41N3O3/c1-20-13-21-15-22(14-20)17-29(5,16-21)26(33)12-11-23-9-7-8-10-24(23)25(30-6)18-31-19-32-27(34)35-28(2,3)4/h7-12,18,20-22,31H,6,13-17,19H2,1-5H3,(H,32,34)/b12-11+,25-18-. The topological polar surface area (TPSA) is 79.8 Å². The molecular weight excluding hydrogens is 438 g/mol. The van der Waals surface area contributed by atoms with Crippen molar-refractivity contribution in [3.05, 3.63) is 47.7 Å². The van der Waals surface area contributed by atoms with Gasteiger partial charge in [0.15, 0.2) is 5.78 Å². The van der Waals surface area contributed by atoms with Crippen molar-refractivity contribution < 1.29 is 14.3 Å². The molecule has 6 heteroatoms. The third-order valence-electron chi connectivity index (χ3n) is 7.01. The van der Waals surface area contributed by atoms with E-state index >= 15 is 0 Å². The first kappa shape index (κ1) is 26.7. The van der Waals surface area contributed by atoms with E-state index in [-0.39, 0.29) is 17.9 Å². The predicted octanol–water partition coefficient (Wildman–Crippen LogP) is 6.19. The van der Waals surface area contributed by atoms with Crippen LogP contribution in [-0.2, 0) is 9.53 Å². The molecule has 2 saturated carbocycles. The number of benzene rings is 1. The number of nitrogens with one attached hydrogen (secondary N) is 2. The Morgan fingerprint density at radius 2 is 1.83 bits per heavy atom. The number of amides is 1. The molecule has 0 radical (unpaired) electrons. The molecule has 1 amide bonds. The lowest BCUT2D eigenvalue weighted by Crippen LogP contribution is -2.40. The van der Waals surface area contributed by atoms with Crippen molar-refractivity contribution in [3.63, 3.8) is 0 Å². The molecule has 2 bridgehead atoms. The van der Waals surface area contributed by atoms with Gasteiger partial charge in [0.25, 0.3) is 0 Å². The summed E-state index contributed by atoms with van der Waals surface area (Å²) < 4.78 is 5.23. The molecule has 2 N–H and O–H groups in total. The molecule has 2 atom stereocenters. The third-order valence-corrected chi connectivity index (χ3v) is 7.01. The Bertz CT molecular complexity index is 971. The van der Waals surface area contributed by atoms with E-state index in [4.69, 9.17) is 4.74 Å². The molecular formula is C29H41N3O3. The maximum absolute atomic E-state index is 13.3. The number of hydrogen-bond acceptors (Lipinski definition) is 5. The first-order valence-electron chi connectivity index (χ1n) is 12.7. The van der Waals surface area contributed by atoms with Crippen molar-refractivity contribution in [1.29, 1.82) is 0 Å². The van der Waals surface area contributed by atoms with E-state index in [0.29, 0.717) is 17.5 Å². The van der Waals surface area contributed by atoms with Crippen LogP contribution in [0, 0.1) is 23.2 Å². The molecule has 35 heavy (non-hydrogen) atoms. The van der Waals surface area contributed by atoms with Crippen LogP contribution in [0.15, 0.2) is 41.5 Å². The second kappa shape index (κ2) is 11.2. The first-order chi connectivity index (χ1) is 16.5. The van der Waals surface area contributed by atoms with Crippen molar-refractivity contribution in [2.24, 2.45) is 28.2 Å². The van der Waals surface area contributed by atoms with Gasteiger partial charge in [0, 0.05) is 17.2 Å². The van der Waals surface area contributed by atoms with Gasteiger partial charge in [-0.15, -0.1) is 0 Å². The summed E-state index contributed by atoms with van der Waals surface area (Å²) in [6, 6.07) is 7.79. The number of aliphatic imine (C=N–C) groups is 1. The second-order valence-corrected chi connectivity index (χ2v) is 11.5. The Labute approximate surface area is 210 Å². The molecule has 6 nitrogen and oxygen atoms in total. The van der Waals surface area contributed by atoms with Crippen LogP contribution in [-0.4, -0.2) is 30.9 Å². The van der Waals surface area contributed by atoms with Gasteiger partial charge in [-0.2, -0.15) is 0 Å². The van der Waals surface area contributed by atoms with E-state index in [0.717, 1.165) is 29.9 Å². The quantitative estimate of drug-likeness (QED) is 0.202. The van der Waals surface area contributed by atoms with Crippen molar-refractivity contribution in [3.8, 4) is 0 Å². The highest BCUT2D eigenvalue weighted by molar-refractivity contribution is 5.98. The molecule has 0 heterocycles. The molecule has 0 aromatic heterocycles. The highest BCUT2D eigenvalue weighted by Gasteiger charge is 2.44. The molecule has 2 aliphatic rings. The number of allylic oxidation sites excluding steroid dienone is 1. The van der Waals surface area contributed by atoms with Gasteiger partial charge in [-0.25, -0.2) is 4.79 Å². The van der Waals surface area contributed by atoms with Gasteiger partial charge in [0.2, 0.25) is 0 Å². The fourth-order valence-electron chi connectivity index (χ4n) is 5.83. The Kier molecular flexibility index (Phi) is 8.57. The van der Waals surface area contributed by atoms with Gasteiger partial charge in [-0.05, 0) is 89.0 Å². The zero-order chi connectivity index (χ0) is 25.6. The summed E-state index contributed by atoms with van der Waals surface area (Å²) in [5.74, 6) is 2.35. The normalized spacial score (nSPS) is 26.8. The van der Waals surface area contributed by atoms with Gasteiger partial charge in [0.1, 0.15) is 5.60 Å². The summed E-state index contributed by atoms with van der Waals surface area (Å²) in [5.41, 5.74) is 1.55. The average molecular weight is 480 g/mol. The number of hydrogen-bond donors (Lipinski definition) is 2. The Balaban J connectivity index is 1.66. The largest absolute Gasteiger partial charge is 0.444 e. The van der Waals surface area contributed by atoms with Crippen molar-refractivity contribution in [1.82, 2.24) is 10.6 Å². The summed E-state index contributed by atoms with van der Waals surface area (Å²) >= 11 is 0. The van der Waals surface area contributed by atoms with Crippen LogP contribution in [0.25, 0.3) is 11.8 Å². The van der Waals surface area contributed by atoms with Crippen LogP contribution in [0.2, 0.25) is 0 Å². The van der Waals surface area contributed by atoms with Gasteiger partial charge >= 0.3 is 6.09 Å². The number of carbonyl (C=O) groups is 2. The maximum Gasteiger partial charge on any atom is 0.409 e. The van der Waals surface area contributed by atoms with Crippen LogP contribution < -0.4 is 10.6 Å². The van der Waals surface area contributed by atoms with E-state index in [9.17, 15) is 9.59 Å². The van der Waals surface area contributed by atoms with E-state index in [1.165, 1.54) is 19.3 Å². The fourth-order valence-corrected chi connectivity index (χ4v) is 5.83. The number of ketones is 1. The Morgan fingerprint density at radius 3 is 2.46 bits per heavy atom. The van der Waals surface area contributed by atoms with Crippen LogP contribution in [0.1, 0.15) is 77.8 Å². The van der Waals surface area contributed by atoms with Crippen LogP contribution >= 0.6 is 0 Å². The van der Waals surface area contributed by atoms with Gasteiger partial charge in [-0.3, -0.25) is 9.79 Å². The summed E-state index contributed by atoms with van der Waals surface area (Å²) in [6.07, 6.45) is 10.6. The number of rotatable bonds is 8. The molecule has 3 rings (SSSR count). The lowest BCUT2D eigenvalue weighted by atomic mass is 9.58. The molecule has 2 fully saturated rings. The maximum atomic E-state index is 13.3. The number of ether oxygens (including phenoxy) is 1. The molecule has 0 saturated heterocycles. The minimum absolute atomic E-state index is 0.184. The van der Waals surface area contributed by atoms with Crippen molar-refractivity contribution in [2.45, 2.75) is 72.3 Å². The lowest BCUT2D eigenvalue weighted by Gasteiger charge is -2.46. The highest BCUT2D eigenvalue weighted by Crippen LogP contribution is 2.50. The van der Waals surface area contributed by atoms with Crippen LogP contribution in [0.3, 0.4) is 0 Å². The van der Waals surface area contributed by atoms with Gasteiger partial charge in [-0.1, -0.05) is 44.2 Å². The molecule has 0 aliphatic heterocycles. The van der Waals surface area contributed by atoms with Crippen molar-refractivity contribution >= 4 is 30.4 Å². The van der Waals surface area contributed by atoms with Gasteiger partial charge in [0.05, 0.1) is 12.4 Å². The SMILES string of the molecule is C=N/C(=C\NCNC(=O)OC(C)(C)C)c1ccccc1/C=C/C(=O)C1(C)CC2CC(C)CC(C2)C1. The average Bonchev–Trinajstić information content (AvgIpc) is 2.75. The third kappa shape index (κ3) is 7.55. The Hall–Kier alpha value is -2.89. The number of nitrogens with zero attached hydrogens (tertiary/aromatic N) is 1. The van der Waals surface area contributed by atoms with Crippen LogP contribution in [0.4, 0.5) is 4.79 Å². The fraction of sp³-hybridized carbons (Fsp3) is 0.552. The predicted molar refractivity (Wildman–Crippen MR) is 143 cm³/mol. The zero-order valence-corrected chi connectivity index (χ0v) is 21.9. The molecule has 2 unspecified atom stereocenters. The highest BCUT2D eigenvalue weighted by atomic mass is 16.6. The summed E-state index contributed by atoms with van der Waals surface area (Å²) in [7, 11) is 0. The second-order valence-electron chi connectivity index (χ2n) is 11.5. The molecule has 190 valence electrons. The summed E-state index contributed by atoms with van der Waals surface area (Å²) in [5, 5.41) is 5.68. The summed E-state index contributed by atoms with van der Waals surface area (Å²) in [6.45, 7) is 13.8. The molecule has 1 aromatic carbocycles. The van der Waals surface area contributed by atoms with Gasteiger partial charge < -0.3 is 15.4 Å². The number of fused-ring (bicyclic) bond motifs is 2. The zero-order valence-electron chi connectivity index (χ0n) is 21.9. The monoisotopic (exact) mass is 479 g/mol. The molecule has 2 aliphatic carbocycles. The molecule has 0 spiro atoms. The Morgan fingerprint density at radius 1 is 1.17 bits per heavy atom. The van der Waals surface area contributed by atoms with E-state index < -0.39 is 11.7 Å². The first-order valence-corrected chi connectivity index (χ1v) is 12.7. The van der Waals surface area contributed by atoms with Crippen molar-refractivity contribution in [2.75, 3.05) is 6.67 Å². The minimum atomic E-state index is -0.553. The molecule has 1 aromatic rings. The summed E-state index contributed by atoms with van der Waals surface area (Å²) in [4.78, 5) is 29.3. The smallest absolute Gasteiger partial charge is 0.409 e.